The van der Waals surface area contributed by atoms with Crippen LogP contribution in [0, 0.1) is 6.92 Å². The third kappa shape index (κ3) is 5.12. The van der Waals surface area contributed by atoms with E-state index in [0.717, 1.165) is 5.56 Å². The van der Waals surface area contributed by atoms with Crippen LogP contribution in [0.5, 0.6) is 0 Å². The van der Waals surface area contributed by atoms with Crippen molar-refractivity contribution in [2.24, 2.45) is 0 Å². The zero-order valence-electron chi connectivity index (χ0n) is 11.9. The molecule has 0 fully saturated rings. The molecule has 104 valence electrons. The Hall–Kier alpha value is -1.84. The van der Waals surface area contributed by atoms with Gasteiger partial charge in [-0.1, -0.05) is 31.2 Å². The summed E-state index contributed by atoms with van der Waals surface area (Å²) in [4.78, 5) is 24.5. The first-order valence-electron chi connectivity index (χ1n) is 6.61. The molecule has 0 aliphatic carbocycles. The summed E-state index contributed by atoms with van der Waals surface area (Å²) in [6.07, 6.45) is 0.470. The van der Waals surface area contributed by atoms with E-state index in [1.807, 2.05) is 38.1 Å². The summed E-state index contributed by atoms with van der Waals surface area (Å²) in [6, 6.07) is 8.01. The Morgan fingerprint density at radius 3 is 2.53 bits per heavy atom. The van der Waals surface area contributed by atoms with Gasteiger partial charge < -0.3 is 10.2 Å². The molecule has 0 radical (unpaired) electrons. The van der Waals surface area contributed by atoms with E-state index >= 15 is 0 Å². The average Bonchev–Trinajstić information content (AvgIpc) is 2.39. The maximum Gasteiger partial charge on any atom is 0.219 e. The molecule has 0 aliphatic heterocycles. The van der Waals surface area contributed by atoms with Crippen molar-refractivity contribution in [3.63, 3.8) is 0 Å². The van der Waals surface area contributed by atoms with Crippen molar-refractivity contribution in [1.29, 1.82) is 0 Å². The average molecular weight is 262 g/mol. The van der Waals surface area contributed by atoms with Gasteiger partial charge in [0.05, 0.1) is 0 Å². The van der Waals surface area contributed by atoms with Gasteiger partial charge in [0.15, 0.2) is 0 Å². The van der Waals surface area contributed by atoms with E-state index < -0.39 is 0 Å². The van der Waals surface area contributed by atoms with Crippen molar-refractivity contribution in [2.75, 3.05) is 13.1 Å². The van der Waals surface area contributed by atoms with Crippen molar-refractivity contribution >= 4 is 11.8 Å². The van der Waals surface area contributed by atoms with Gasteiger partial charge in [-0.3, -0.25) is 9.59 Å². The molecule has 0 saturated heterocycles. The molecule has 0 unspecified atom stereocenters. The molecule has 0 saturated carbocycles. The van der Waals surface area contributed by atoms with E-state index in [4.69, 9.17) is 0 Å². The van der Waals surface area contributed by atoms with Crippen LogP contribution in [-0.2, 0) is 16.1 Å². The predicted octanol–water partition coefficient (Wildman–Crippen LogP) is 1.87. The zero-order valence-corrected chi connectivity index (χ0v) is 11.9. The van der Waals surface area contributed by atoms with Crippen LogP contribution in [0.1, 0.15) is 31.4 Å². The number of nitrogens with zero attached hydrogens (tertiary/aromatic N) is 1. The van der Waals surface area contributed by atoms with E-state index in [9.17, 15) is 9.59 Å². The summed E-state index contributed by atoms with van der Waals surface area (Å²) < 4.78 is 0. The lowest BCUT2D eigenvalue weighted by molar-refractivity contribution is -0.130. The molecule has 2 amide bonds. The Balaban J connectivity index is 2.56. The second kappa shape index (κ2) is 7.56. The Bertz CT molecular complexity index is 444. The molecule has 1 aromatic carbocycles. The van der Waals surface area contributed by atoms with Gasteiger partial charge in [-0.05, 0) is 18.1 Å². The van der Waals surface area contributed by atoms with Crippen LogP contribution in [0.15, 0.2) is 24.3 Å². The molecule has 0 bridgehead atoms. The van der Waals surface area contributed by atoms with E-state index in [2.05, 4.69) is 5.32 Å². The van der Waals surface area contributed by atoms with Crippen LogP contribution in [0.2, 0.25) is 0 Å². The Kier molecular flexibility index (Phi) is 6.06. The maximum atomic E-state index is 11.6. The fraction of sp³-hybridized carbons (Fsp3) is 0.467. The molecule has 1 N–H and O–H groups in total. The summed E-state index contributed by atoms with van der Waals surface area (Å²) in [5, 5.41) is 2.79. The summed E-state index contributed by atoms with van der Waals surface area (Å²) in [5.41, 5.74) is 2.31. The van der Waals surface area contributed by atoms with Crippen molar-refractivity contribution in [2.45, 2.75) is 33.7 Å². The molecule has 0 atom stereocenters. The van der Waals surface area contributed by atoms with E-state index in [-0.39, 0.29) is 11.8 Å². The molecule has 1 rings (SSSR count). The number of carbonyl (C=O) groups excluding carboxylic acids is 2. The highest BCUT2D eigenvalue weighted by Crippen LogP contribution is 2.10. The lowest BCUT2D eigenvalue weighted by Gasteiger charge is -2.22. The lowest BCUT2D eigenvalue weighted by atomic mass is 10.1. The minimum absolute atomic E-state index is 0.0133. The summed E-state index contributed by atoms with van der Waals surface area (Å²) in [6.45, 7) is 7.02. The van der Waals surface area contributed by atoms with Crippen LogP contribution in [-0.4, -0.2) is 29.8 Å². The highest BCUT2D eigenvalue weighted by molar-refractivity contribution is 5.76. The number of carbonyl (C=O) groups is 2. The zero-order chi connectivity index (χ0) is 14.3. The predicted molar refractivity (Wildman–Crippen MR) is 75.6 cm³/mol. The van der Waals surface area contributed by atoms with Crippen LogP contribution in [0.4, 0.5) is 0 Å². The van der Waals surface area contributed by atoms with Gasteiger partial charge >= 0.3 is 0 Å². The molecule has 0 aromatic heterocycles. The van der Waals surface area contributed by atoms with E-state index in [0.29, 0.717) is 26.1 Å². The topological polar surface area (TPSA) is 49.4 Å². The smallest absolute Gasteiger partial charge is 0.219 e. The van der Waals surface area contributed by atoms with Gasteiger partial charge in [0, 0.05) is 33.0 Å². The number of rotatable bonds is 6. The summed E-state index contributed by atoms with van der Waals surface area (Å²) in [5.74, 6) is 0.0356. The van der Waals surface area contributed by atoms with E-state index in [1.54, 1.807) is 11.8 Å². The molecule has 0 aliphatic rings. The second-order valence-corrected chi connectivity index (χ2v) is 4.57. The van der Waals surface area contributed by atoms with Crippen molar-refractivity contribution in [1.82, 2.24) is 10.2 Å². The molecule has 4 heteroatoms. The van der Waals surface area contributed by atoms with Crippen molar-refractivity contribution < 1.29 is 9.59 Å². The monoisotopic (exact) mass is 262 g/mol. The van der Waals surface area contributed by atoms with Gasteiger partial charge in [0.25, 0.3) is 0 Å². The second-order valence-electron chi connectivity index (χ2n) is 4.57. The number of aryl methyl sites for hydroxylation is 1. The quantitative estimate of drug-likeness (QED) is 0.851. The Morgan fingerprint density at radius 2 is 1.95 bits per heavy atom. The Morgan fingerprint density at radius 1 is 1.26 bits per heavy atom. The third-order valence-electron chi connectivity index (χ3n) is 3.09. The molecular formula is C15H22N2O2. The summed E-state index contributed by atoms with van der Waals surface area (Å²) in [7, 11) is 0. The van der Waals surface area contributed by atoms with Gasteiger partial charge in [-0.2, -0.15) is 0 Å². The number of nitrogens with one attached hydrogen (secondary N) is 1. The van der Waals surface area contributed by atoms with Crippen LogP contribution >= 0.6 is 0 Å². The highest BCUT2D eigenvalue weighted by Gasteiger charge is 2.10. The summed E-state index contributed by atoms with van der Waals surface area (Å²) >= 11 is 0. The van der Waals surface area contributed by atoms with E-state index in [1.165, 1.54) is 5.56 Å². The fourth-order valence-electron chi connectivity index (χ4n) is 1.80. The minimum atomic E-state index is 0.0133. The van der Waals surface area contributed by atoms with Crippen molar-refractivity contribution in [3.05, 3.63) is 35.4 Å². The van der Waals surface area contributed by atoms with Gasteiger partial charge in [0.2, 0.25) is 11.8 Å². The number of amides is 2. The molecule has 1 aromatic rings. The first-order valence-corrected chi connectivity index (χ1v) is 6.61. The molecule has 4 nitrogen and oxygen atoms in total. The molecular weight excluding hydrogens is 240 g/mol. The first kappa shape index (κ1) is 15.2. The van der Waals surface area contributed by atoms with Gasteiger partial charge in [-0.15, -0.1) is 0 Å². The fourth-order valence-corrected chi connectivity index (χ4v) is 1.80. The molecule has 0 spiro atoms. The minimum Gasteiger partial charge on any atom is -0.354 e. The highest BCUT2D eigenvalue weighted by atomic mass is 16.2. The van der Waals surface area contributed by atoms with Crippen LogP contribution in [0.3, 0.4) is 0 Å². The van der Waals surface area contributed by atoms with Crippen LogP contribution < -0.4 is 5.32 Å². The number of benzene rings is 1. The Labute approximate surface area is 114 Å². The molecule has 0 heterocycles. The normalized spacial score (nSPS) is 10.1. The number of hydrogen-bond donors (Lipinski definition) is 1. The number of hydrogen-bond acceptors (Lipinski definition) is 2. The first-order chi connectivity index (χ1) is 9.04. The largest absolute Gasteiger partial charge is 0.354 e. The van der Waals surface area contributed by atoms with Crippen LogP contribution in [0.25, 0.3) is 0 Å². The lowest BCUT2D eigenvalue weighted by Crippen LogP contribution is -2.37. The third-order valence-corrected chi connectivity index (χ3v) is 3.09. The maximum absolute atomic E-state index is 11.6. The van der Waals surface area contributed by atoms with Gasteiger partial charge in [0.1, 0.15) is 0 Å². The van der Waals surface area contributed by atoms with Gasteiger partial charge in [-0.25, -0.2) is 0 Å². The van der Waals surface area contributed by atoms with Crippen molar-refractivity contribution in [3.8, 4) is 0 Å². The standard InChI is InChI=1S/C15H22N2O2/c1-4-15(19)16-9-10-17(13(3)18)11-14-8-6-5-7-12(14)2/h5-8H,4,9-11H2,1-3H3,(H,16,19). The molecule has 19 heavy (non-hydrogen) atoms. The SMILES string of the molecule is CCC(=O)NCCN(Cc1ccccc1C)C(C)=O.